The number of anilines is 3. The van der Waals surface area contributed by atoms with E-state index in [1.807, 2.05) is 50.4 Å². The summed E-state index contributed by atoms with van der Waals surface area (Å²) in [7, 11) is 1.99. The van der Waals surface area contributed by atoms with E-state index in [-0.39, 0.29) is 0 Å². The Morgan fingerprint density at radius 2 is 1.53 bits per heavy atom. The van der Waals surface area contributed by atoms with Gasteiger partial charge in [0, 0.05) is 37.2 Å². The number of rotatable bonds is 6. The fraction of sp³-hybridized carbons (Fsp3) is 0.321. The summed E-state index contributed by atoms with van der Waals surface area (Å²) in [6.45, 7) is 6.01. The number of nitrogens with zero attached hydrogens (tertiary/aromatic N) is 2. The number of para-hydroxylation sites is 1. The van der Waals surface area contributed by atoms with E-state index < -0.39 is 11.4 Å². The highest BCUT2D eigenvalue weighted by Gasteiger charge is 2.39. The Bertz CT molecular complexity index is 1070. The summed E-state index contributed by atoms with van der Waals surface area (Å²) in [6.07, 6.45) is 3.72. The van der Waals surface area contributed by atoms with Gasteiger partial charge in [0.15, 0.2) is 0 Å². The van der Waals surface area contributed by atoms with Crippen LogP contribution in [-0.4, -0.2) is 31.2 Å². The minimum absolute atomic E-state index is 0.779. The molecule has 4 nitrogen and oxygen atoms in total. The van der Waals surface area contributed by atoms with Gasteiger partial charge in [-0.1, -0.05) is 48.0 Å². The van der Waals surface area contributed by atoms with E-state index in [9.17, 15) is 9.90 Å². The fourth-order valence-corrected chi connectivity index (χ4v) is 4.65. The maximum atomic E-state index is 12.7. The lowest BCUT2D eigenvalue weighted by Gasteiger charge is -2.33. The number of carboxylic acid groups (broad SMARTS) is 1. The standard InChI is InChI=1S/C28H32N2O2/c1-21-11-15-23(16-12-21)29(3)26-10-6-5-9-25(26)28(2,27(31)32)22-13-17-24(18-14-22)30-19-7-4-8-20-30/h5-6,9-18H,4,7-8,19-20H2,1-3H3,(H,31,32). The van der Waals surface area contributed by atoms with Crippen LogP contribution in [0.25, 0.3) is 0 Å². The zero-order valence-corrected chi connectivity index (χ0v) is 19.2. The van der Waals surface area contributed by atoms with Crippen LogP contribution in [0.1, 0.15) is 42.9 Å². The molecule has 1 aliphatic rings. The Morgan fingerprint density at radius 3 is 2.16 bits per heavy atom. The Balaban J connectivity index is 1.74. The molecule has 0 aromatic heterocycles. The van der Waals surface area contributed by atoms with Gasteiger partial charge in [0.05, 0.1) is 0 Å². The maximum Gasteiger partial charge on any atom is 0.318 e. The van der Waals surface area contributed by atoms with Crippen molar-refractivity contribution >= 4 is 23.0 Å². The molecule has 1 atom stereocenters. The van der Waals surface area contributed by atoms with Crippen molar-refractivity contribution in [1.29, 1.82) is 0 Å². The van der Waals surface area contributed by atoms with Crippen LogP contribution in [0.2, 0.25) is 0 Å². The molecule has 1 heterocycles. The summed E-state index contributed by atoms with van der Waals surface area (Å²) < 4.78 is 0. The van der Waals surface area contributed by atoms with Gasteiger partial charge in [-0.15, -0.1) is 0 Å². The first kappa shape index (κ1) is 21.9. The highest BCUT2D eigenvalue weighted by molar-refractivity contribution is 5.89. The van der Waals surface area contributed by atoms with Gasteiger partial charge in [-0.3, -0.25) is 4.79 Å². The van der Waals surface area contributed by atoms with Crippen LogP contribution in [0.5, 0.6) is 0 Å². The number of piperidine rings is 1. The molecule has 0 saturated carbocycles. The van der Waals surface area contributed by atoms with Gasteiger partial charge in [-0.05, 0) is 74.6 Å². The van der Waals surface area contributed by atoms with Crippen LogP contribution in [-0.2, 0) is 10.2 Å². The van der Waals surface area contributed by atoms with Crippen molar-refractivity contribution in [2.24, 2.45) is 0 Å². The van der Waals surface area contributed by atoms with Crippen molar-refractivity contribution in [2.45, 2.75) is 38.5 Å². The van der Waals surface area contributed by atoms with Gasteiger partial charge in [0.25, 0.3) is 0 Å². The van der Waals surface area contributed by atoms with Crippen LogP contribution >= 0.6 is 0 Å². The smallest absolute Gasteiger partial charge is 0.318 e. The molecule has 4 heteroatoms. The van der Waals surface area contributed by atoms with Crippen LogP contribution in [0.15, 0.2) is 72.8 Å². The molecule has 166 valence electrons. The zero-order chi connectivity index (χ0) is 22.7. The first-order valence-electron chi connectivity index (χ1n) is 11.4. The van der Waals surface area contributed by atoms with Gasteiger partial charge in [0.2, 0.25) is 0 Å². The second kappa shape index (κ2) is 9.07. The third-order valence-electron chi connectivity index (χ3n) is 6.82. The Morgan fingerprint density at radius 1 is 0.906 bits per heavy atom. The monoisotopic (exact) mass is 428 g/mol. The number of carbonyl (C=O) groups is 1. The van der Waals surface area contributed by atoms with Crippen molar-refractivity contribution in [1.82, 2.24) is 0 Å². The van der Waals surface area contributed by atoms with Crippen molar-refractivity contribution < 1.29 is 9.90 Å². The molecular weight excluding hydrogens is 396 g/mol. The summed E-state index contributed by atoms with van der Waals surface area (Å²) in [6, 6.07) is 24.2. The first-order chi connectivity index (χ1) is 15.4. The molecule has 4 rings (SSSR count). The van der Waals surface area contributed by atoms with Gasteiger partial charge in [-0.25, -0.2) is 0 Å². The molecule has 0 radical (unpaired) electrons. The summed E-state index contributed by atoms with van der Waals surface area (Å²) in [5.74, 6) is -0.854. The fourth-order valence-electron chi connectivity index (χ4n) is 4.65. The van der Waals surface area contributed by atoms with E-state index in [1.165, 1.54) is 30.5 Å². The quantitative estimate of drug-likeness (QED) is 0.512. The van der Waals surface area contributed by atoms with Crippen molar-refractivity contribution in [2.75, 3.05) is 29.9 Å². The van der Waals surface area contributed by atoms with Crippen LogP contribution in [0, 0.1) is 6.92 Å². The molecule has 0 aliphatic carbocycles. The van der Waals surface area contributed by atoms with E-state index in [2.05, 4.69) is 53.1 Å². The van der Waals surface area contributed by atoms with Crippen molar-refractivity contribution in [3.05, 3.63) is 89.5 Å². The average molecular weight is 429 g/mol. The molecule has 1 aliphatic heterocycles. The predicted molar refractivity (Wildman–Crippen MR) is 132 cm³/mol. The number of benzene rings is 3. The van der Waals surface area contributed by atoms with Crippen molar-refractivity contribution in [3.8, 4) is 0 Å². The Labute approximate surface area is 191 Å². The molecule has 1 saturated heterocycles. The van der Waals surface area contributed by atoms with Crippen molar-refractivity contribution in [3.63, 3.8) is 0 Å². The first-order valence-corrected chi connectivity index (χ1v) is 11.4. The van der Waals surface area contributed by atoms with E-state index in [4.69, 9.17) is 0 Å². The van der Waals surface area contributed by atoms with Crippen LogP contribution in [0.4, 0.5) is 17.1 Å². The van der Waals surface area contributed by atoms with E-state index in [0.717, 1.165) is 35.6 Å². The molecule has 1 fully saturated rings. The largest absolute Gasteiger partial charge is 0.480 e. The van der Waals surface area contributed by atoms with Gasteiger partial charge in [-0.2, -0.15) is 0 Å². The summed E-state index contributed by atoms with van der Waals surface area (Å²) in [5, 5.41) is 10.4. The summed E-state index contributed by atoms with van der Waals surface area (Å²) in [4.78, 5) is 17.2. The lowest BCUT2D eigenvalue weighted by Crippen LogP contribution is -2.35. The zero-order valence-electron chi connectivity index (χ0n) is 19.2. The minimum atomic E-state index is -1.17. The molecule has 0 amide bonds. The van der Waals surface area contributed by atoms with E-state index in [0.29, 0.717) is 0 Å². The average Bonchev–Trinajstić information content (AvgIpc) is 2.84. The third-order valence-corrected chi connectivity index (χ3v) is 6.82. The molecule has 0 bridgehead atoms. The molecule has 1 unspecified atom stereocenters. The second-order valence-corrected chi connectivity index (χ2v) is 8.94. The normalized spacial score (nSPS) is 15.8. The topological polar surface area (TPSA) is 43.8 Å². The summed E-state index contributed by atoms with van der Waals surface area (Å²) >= 11 is 0. The Hall–Kier alpha value is -3.27. The van der Waals surface area contributed by atoms with E-state index >= 15 is 0 Å². The SMILES string of the molecule is Cc1ccc(N(C)c2ccccc2C(C)(C(=O)O)c2ccc(N3CCCCC3)cc2)cc1. The summed E-state index contributed by atoms with van der Waals surface area (Å²) in [5.41, 5.74) is 4.68. The lowest BCUT2D eigenvalue weighted by molar-refractivity contribution is -0.141. The molecule has 3 aromatic rings. The third kappa shape index (κ3) is 4.10. The number of hydrogen-bond donors (Lipinski definition) is 1. The van der Waals surface area contributed by atoms with Gasteiger partial charge >= 0.3 is 5.97 Å². The molecular formula is C28H32N2O2. The molecule has 1 N–H and O–H groups in total. The lowest BCUT2D eigenvalue weighted by atomic mass is 9.75. The number of hydrogen-bond acceptors (Lipinski definition) is 3. The highest BCUT2D eigenvalue weighted by atomic mass is 16.4. The van der Waals surface area contributed by atoms with Crippen LogP contribution < -0.4 is 9.80 Å². The highest BCUT2D eigenvalue weighted by Crippen LogP contribution is 2.40. The maximum absolute atomic E-state index is 12.7. The second-order valence-electron chi connectivity index (χ2n) is 8.94. The van der Waals surface area contributed by atoms with Gasteiger partial charge < -0.3 is 14.9 Å². The molecule has 3 aromatic carbocycles. The van der Waals surface area contributed by atoms with Gasteiger partial charge in [0.1, 0.15) is 5.41 Å². The minimum Gasteiger partial charge on any atom is -0.480 e. The molecule has 0 spiro atoms. The predicted octanol–water partition coefficient (Wildman–Crippen LogP) is 6.14. The number of aryl methyl sites for hydroxylation is 1. The number of carboxylic acids is 1. The van der Waals surface area contributed by atoms with Crippen LogP contribution in [0.3, 0.4) is 0 Å². The molecule has 32 heavy (non-hydrogen) atoms. The number of aliphatic carboxylic acids is 1. The Kier molecular flexibility index (Phi) is 6.22. The van der Waals surface area contributed by atoms with E-state index in [1.54, 1.807) is 0 Å².